The Hall–Kier alpha value is -0.330. The normalized spacial score (nSPS) is 39.2. The summed E-state index contributed by atoms with van der Waals surface area (Å²) in [6.45, 7) is 2.65. The van der Waals surface area contributed by atoms with Crippen molar-refractivity contribution >= 4 is 10.4 Å². The number of hydrogen-bond donors (Lipinski definition) is 5. The maximum atomic E-state index is 10.5. The van der Waals surface area contributed by atoms with Crippen LogP contribution >= 0.6 is 0 Å². The van der Waals surface area contributed by atoms with Crippen molar-refractivity contribution in [1.29, 1.82) is 0 Å². The molecule has 5 atom stereocenters. The van der Waals surface area contributed by atoms with Crippen molar-refractivity contribution in [1.82, 2.24) is 0 Å². The van der Waals surface area contributed by atoms with Gasteiger partial charge in [0.2, 0.25) is 0 Å². The molecule has 0 aromatic heterocycles. The lowest BCUT2D eigenvalue weighted by molar-refractivity contribution is -0.352. The molecule has 0 saturated carbocycles. The standard InChI is InChI=1S/C10H20O9S/c1-5(2)3-10(14)9(13)8(12)7(11)6(19-10)4-18-20(15,16)17/h5-9,11-14H,3-4H2,1-2H3,(H,15,16,17)/t6-,7+,8+,9-,10-/m1/s1. The second-order valence-corrected chi connectivity index (χ2v) is 6.33. The maximum absolute atomic E-state index is 10.5. The lowest BCUT2D eigenvalue weighted by atomic mass is 9.88. The molecule has 1 fully saturated rings. The highest BCUT2D eigenvalue weighted by Crippen LogP contribution is 2.33. The Bertz CT molecular complexity index is 422. The molecule has 5 N–H and O–H groups in total. The van der Waals surface area contributed by atoms with Crippen LogP contribution in [-0.4, -0.2) is 70.2 Å². The van der Waals surface area contributed by atoms with Crippen LogP contribution in [0.1, 0.15) is 20.3 Å². The molecule has 0 aliphatic carbocycles. The van der Waals surface area contributed by atoms with Crippen molar-refractivity contribution in [2.75, 3.05) is 6.61 Å². The third-order valence-electron chi connectivity index (χ3n) is 2.95. The summed E-state index contributed by atoms with van der Waals surface area (Å²) in [5, 5.41) is 39.3. The van der Waals surface area contributed by atoms with E-state index in [1.54, 1.807) is 13.8 Å². The first kappa shape index (κ1) is 17.7. The van der Waals surface area contributed by atoms with E-state index in [0.717, 1.165) is 0 Å². The summed E-state index contributed by atoms with van der Waals surface area (Å²) < 4.78 is 38.6. The molecule has 0 spiro atoms. The van der Waals surface area contributed by atoms with E-state index >= 15 is 0 Å². The maximum Gasteiger partial charge on any atom is 0.397 e. The highest BCUT2D eigenvalue weighted by atomic mass is 32.3. The third-order valence-corrected chi connectivity index (χ3v) is 3.39. The van der Waals surface area contributed by atoms with Crippen LogP contribution in [0.15, 0.2) is 0 Å². The number of aliphatic hydroxyl groups is 4. The van der Waals surface area contributed by atoms with Crippen molar-refractivity contribution in [3.63, 3.8) is 0 Å². The van der Waals surface area contributed by atoms with Crippen molar-refractivity contribution in [3.8, 4) is 0 Å². The van der Waals surface area contributed by atoms with E-state index in [1.165, 1.54) is 0 Å². The Morgan fingerprint density at radius 2 is 1.80 bits per heavy atom. The van der Waals surface area contributed by atoms with E-state index < -0.39 is 47.2 Å². The van der Waals surface area contributed by atoms with E-state index in [2.05, 4.69) is 4.18 Å². The minimum Gasteiger partial charge on any atom is -0.387 e. The lowest BCUT2D eigenvalue weighted by Gasteiger charge is -2.46. The Balaban J connectivity index is 2.86. The third kappa shape index (κ3) is 4.33. The molecule has 1 heterocycles. The van der Waals surface area contributed by atoms with Gasteiger partial charge in [-0.05, 0) is 5.92 Å². The monoisotopic (exact) mass is 316 g/mol. The number of ether oxygens (including phenoxy) is 1. The highest BCUT2D eigenvalue weighted by Gasteiger charge is 2.52. The van der Waals surface area contributed by atoms with Gasteiger partial charge < -0.3 is 25.2 Å². The Kier molecular flexibility index (Phi) is 5.49. The quantitative estimate of drug-likeness (QED) is 0.363. The van der Waals surface area contributed by atoms with E-state index in [4.69, 9.17) is 9.29 Å². The molecule has 1 rings (SSSR count). The van der Waals surface area contributed by atoms with Crippen LogP contribution in [-0.2, 0) is 19.3 Å². The van der Waals surface area contributed by atoms with Gasteiger partial charge in [0.1, 0.15) is 24.4 Å². The first-order valence-electron chi connectivity index (χ1n) is 6.02. The number of rotatable bonds is 5. The number of hydrogen-bond acceptors (Lipinski definition) is 8. The second kappa shape index (κ2) is 6.20. The van der Waals surface area contributed by atoms with Crippen LogP contribution in [0.5, 0.6) is 0 Å². The summed E-state index contributed by atoms with van der Waals surface area (Å²) in [5.74, 6) is -2.26. The summed E-state index contributed by atoms with van der Waals surface area (Å²) in [7, 11) is -4.76. The zero-order valence-corrected chi connectivity index (χ0v) is 11.9. The fraction of sp³-hybridized carbons (Fsp3) is 1.00. The van der Waals surface area contributed by atoms with Crippen molar-refractivity contribution in [3.05, 3.63) is 0 Å². The molecule has 0 aromatic rings. The van der Waals surface area contributed by atoms with Crippen LogP contribution in [0.4, 0.5) is 0 Å². The number of aliphatic hydroxyl groups excluding tert-OH is 3. The van der Waals surface area contributed by atoms with Crippen molar-refractivity contribution < 1.29 is 42.3 Å². The van der Waals surface area contributed by atoms with Gasteiger partial charge in [0, 0.05) is 6.42 Å². The molecule has 0 unspecified atom stereocenters. The van der Waals surface area contributed by atoms with Gasteiger partial charge in [-0.2, -0.15) is 8.42 Å². The van der Waals surface area contributed by atoms with Gasteiger partial charge >= 0.3 is 10.4 Å². The average molecular weight is 316 g/mol. The molecule has 10 heteroatoms. The van der Waals surface area contributed by atoms with Gasteiger partial charge in [-0.25, -0.2) is 4.18 Å². The Morgan fingerprint density at radius 3 is 2.25 bits per heavy atom. The molecule has 9 nitrogen and oxygen atoms in total. The minimum absolute atomic E-state index is 0.0552. The van der Waals surface area contributed by atoms with E-state index in [1.807, 2.05) is 0 Å². The fourth-order valence-corrected chi connectivity index (χ4v) is 2.42. The van der Waals surface area contributed by atoms with E-state index in [-0.39, 0.29) is 12.3 Å². The summed E-state index contributed by atoms with van der Waals surface area (Å²) in [6, 6.07) is 0. The van der Waals surface area contributed by atoms with Crippen molar-refractivity contribution in [2.45, 2.75) is 50.5 Å². The predicted molar refractivity (Wildman–Crippen MR) is 64.8 cm³/mol. The molecule has 120 valence electrons. The summed E-state index contributed by atoms with van der Waals surface area (Å²) in [5.41, 5.74) is 0. The van der Waals surface area contributed by atoms with Gasteiger partial charge in [0.05, 0.1) is 6.61 Å². The van der Waals surface area contributed by atoms with Crippen LogP contribution in [0.3, 0.4) is 0 Å². The molecule has 0 aromatic carbocycles. The highest BCUT2D eigenvalue weighted by molar-refractivity contribution is 7.80. The smallest absolute Gasteiger partial charge is 0.387 e. The first-order valence-corrected chi connectivity index (χ1v) is 7.39. The largest absolute Gasteiger partial charge is 0.397 e. The van der Waals surface area contributed by atoms with Gasteiger partial charge in [0.25, 0.3) is 0 Å². The Labute approximate surface area is 116 Å². The topological polar surface area (TPSA) is 154 Å². The molecular weight excluding hydrogens is 296 g/mol. The van der Waals surface area contributed by atoms with Crippen molar-refractivity contribution in [2.24, 2.45) is 5.92 Å². The van der Waals surface area contributed by atoms with Crippen LogP contribution < -0.4 is 0 Å². The zero-order valence-electron chi connectivity index (χ0n) is 11.1. The molecule has 1 saturated heterocycles. The SMILES string of the molecule is CC(C)C[C@@]1(O)O[C@H](COS(=O)(=O)O)[C@H](O)[C@H](O)[C@H]1O. The van der Waals surface area contributed by atoms with Crippen LogP contribution in [0.25, 0.3) is 0 Å². The second-order valence-electron chi connectivity index (χ2n) is 5.24. The first-order chi connectivity index (χ1) is 8.96. The molecule has 0 amide bonds. The summed E-state index contributed by atoms with van der Waals surface area (Å²) >= 11 is 0. The minimum atomic E-state index is -4.76. The molecular formula is C10H20O9S. The molecule has 20 heavy (non-hydrogen) atoms. The van der Waals surface area contributed by atoms with Crippen LogP contribution in [0, 0.1) is 5.92 Å². The zero-order chi connectivity index (χ0) is 15.7. The predicted octanol–water partition coefficient (Wildman–Crippen LogP) is -1.98. The average Bonchev–Trinajstić information content (AvgIpc) is 2.28. The fourth-order valence-electron chi connectivity index (χ4n) is 2.11. The van der Waals surface area contributed by atoms with Gasteiger partial charge in [-0.15, -0.1) is 0 Å². The lowest BCUT2D eigenvalue weighted by Crippen LogP contribution is -2.65. The van der Waals surface area contributed by atoms with Crippen LogP contribution in [0.2, 0.25) is 0 Å². The molecule has 1 aliphatic heterocycles. The molecule has 0 radical (unpaired) electrons. The van der Waals surface area contributed by atoms with Gasteiger partial charge in [0.15, 0.2) is 5.79 Å². The summed E-state index contributed by atoms with van der Waals surface area (Å²) in [4.78, 5) is 0. The van der Waals surface area contributed by atoms with E-state index in [9.17, 15) is 28.8 Å². The van der Waals surface area contributed by atoms with Gasteiger partial charge in [-0.1, -0.05) is 13.8 Å². The Morgan fingerprint density at radius 1 is 1.25 bits per heavy atom. The summed E-state index contributed by atoms with van der Waals surface area (Å²) in [6.07, 6.45) is -6.68. The molecule has 0 bridgehead atoms. The van der Waals surface area contributed by atoms with Gasteiger partial charge in [-0.3, -0.25) is 4.55 Å². The van der Waals surface area contributed by atoms with E-state index in [0.29, 0.717) is 0 Å². The molecule has 1 aliphatic rings.